The number of hydrogen-bond acceptors (Lipinski definition) is 8. The summed E-state index contributed by atoms with van der Waals surface area (Å²) in [6, 6.07) is 14.1. The number of benzene rings is 2. The van der Waals surface area contributed by atoms with Crippen LogP contribution in [0.3, 0.4) is 0 Å². The quantitative estimate of drug-likeness (QED) is 0.436. The molecule has 0 unspecified atom stereocenters. The molecule has 3 aliphatic heterocycles. The zero-order valence-electron chi connectivity index (χ0n) is 25.2. The second kappa shape index (κ2) is 12.4. The molecule has 0 bridgehead atoms. The molecule has 1 N–H and O–H groups in total. The minimum Gasteiger partial charge on any atom is -0.433 e. The first-order chi connectivity index (χ1) is 21.2. The average molecular weight is 606 g/mol. The molecule has 2 fully saturated rings. The van der Waals surface area contributed by atoms with Crippen molar-refractivity contribution in [2.75, 3.05) is 75.5 Å². The van der Waals surface area contributed by atoms with Crippen molar-refractivity contribution in [3.05, 3.63) is 65.9 Å². The van der Waals surface area contributed by atoms with Crippen LogP contribution >= 0.6 is 0 Å². The van der Waals surface area contributed by atoms with Gasteiger partial charge in [0, 0.05) is 57.9 Å². The zero-order valence-corrected chi connectivity index (χ0v) is 25.2. The molecule has 12 heteroatoms. The van der Waals surface area contributed by atoms with E-state index in [2.05, 4.69) is 27.1 Å². The molecule has 2 aromatic carbocycles. The van der Waals surface area contributed by atoms with Gasteiger partial charge in [-0.05, 0) is 63.3 Å². The summed E-state index contributed by atoms with van der Waals surface area (Å²) in [5, 5.41) is 3.08. The number of piperazine rings is 1. The Morgan fingerprint density at radius 1 is 0.909 bits per heavy atom. The van der Waals surface area contributed by atoms with Gasteiger partial charge in [0.25, 0.3) is 11.8 Å². The Morgan fingerprint density at radius 2 is 1.64 bits per heavy atom. The van der Waals surface area contributed by atoms with Crippen molar-refractivity contribution >= 4 is 40.4 Å². The number of piperidine rings is 1. The Hall–Kier alpha value is -4.29. The van der Waals surface area contributed by atoms with Crippen LogP contribution in [0.15, 0.2) is 54.7 Å². The van der Waals surface area contributed by atoms with Crippen LogP contribution in [0, 0.1) is 0 Å². The van der Waals surface area contributed by atoms with Crippen LogP contribution in [0.2, 0.25) is 0 Å². The topological polar surface area (TPSA) is 84.5 Å². The number of carbonyl (C=O) groups is 2. The smallest absolute Gasteiger partial charge is 0.387 e. The molecular formula is C32H37F2N7O3. The van der Waals surface area contributed by atoms with Gasteiger partial charge in [0.15, 0.2) is 0 Å². The van der Waals surface area contributed by atoms with Crippen LogP contribution < -0.4 is 19.9 Å². The fourth-order valence-electron chi connectivity index (χ4n) is 6.32. The predicted octanol–water partition coefficient (Wildman–Crippen LogP) is 4.64. The molecule has 2 saturated heterocycles. The normalized spacial score (nSPS) is 18.2. The Balaban J connectivity index is 1.20. The lowest BCUT2D eigenvalue weighted by Gasteiger charge is -2.42. The van der Waals surface area contributed by atoms with Crippen LogP contribution in [0.5, 0.6) is 5.75 Å². The predicted molar refractivity (Wildman–Crippen MR) is 166 cm³/mol. The summed E-state index contributed by atoms with van der Waals surface area (Å²) in [4.78, 5) is 41.0. The molecule has 3 aromatic rings. The number of rotatable bonds is 6. The van der Waals surface area contributed by atoms with E-state index in [1.54, 1.807) is 42.4 Å². The molecule has 0 atom stereocenters. The van der Waals surface area contributed by atoms with Gasteiger partial charge in [-0.1, -0.05) is 12.1 Å². The van der Waals surface area contributed by atoms with E-state index in [4.69, 9.17) is 4.74 Å². The molecule has 4 heterocycles. The number of alkyl halides is 2. The highest BCUT2D eigenvalue weighted by Crippen LogP contribution is 2.40. The largest absolute Gasteiger partial charge is 0.433 e. The van der Waals surface area contributed by atoms with Gasteiger partial charge in [0.05, 0.1) is 34.5 Å². The molecule has 232 valence electrons. The van der Waals surface area contributed by atoms with E-state index >= 15 is 0 Å². The fourth-order valence-corrected chi connectivity index (χ4v) is 6.32. The van der Waals surface area contributed by atoms with Crippen molar-refractivity contribution in [3.63, 3.8) is 0 Å². The lowest BCUT2D eigenvalue weighted by Crippen LogP contribution is -2.54. The third kappa shape index (κ3) is 5.91. The highest BCUT2D eigenvalue weighted by atomic mass is 19.3. The van der Waals surface area contributed by atoms with Crippen molar-refractivity contribution in [2.24, 2.45) is 0 Å². The summed E-state index contributed by atoms with van der Waals surface area (Å²) < 4.78 is 31.9. The van der Waals surface area contributed by atoms with E-state index in [-0.39, 0.29) is 28.8 Å². The maximum atomic E-state index is 13.5. The molecule has 0 spiro atoms. The summed E-state index contributed by atoms with van der Waals surface area (Å²) >= 11 is 0. The Kier molecular flexibility index (Phi) is 8.37. The lowest BCUT2D eigenvalue weighted by atomic mass is 10.0. The standard InChI is InChI=1S/C32H37F2N7O3/c1-37-12-10-22(11-13-37)40-14-16-41(17-15-40)30(42)21-8-9-24(28(18-21)44-32(33)34)36-29-19-26-27(20-35-29)39(3)31(43)23-6-4-5-7-25(23)38(26)2/h4-9,18-20,22,32H,10-17H2,1-3H3,(H,35,36). The zero-order chi connectivity index (χ0) is 31.0. The van der Waals surface area contributed by atoms with Gasteiger partial charge in [-0.3, -0.25) is 14.5 Å². The monoisotopic (exact) mass is 605 g/mol. The number of ether oxygens (including phenoxy) is 1. The SMILES string of the molecule is CN1CCC(N2CCN(C(=O)c3ccc(Nc4cc5c(cn4)N(C)C(=O)c4ccccc4N5C)c(OC(F)F)c3)CC2)CC1. The molecule has 10 nitrogen and oxygen atoms in total. The number of hydrogen-bond donors (Lipinski definition) is 1. The van der Waals surface area contributed by atoms with Crippen molar-refractivity contribution in [2.45, 2.75) is 25.5 Å². The maximum Gasteiger partial charge on any atom is 0.387 e. The molecule has 3 aliphatic rings. The number of anilines is 5. The molecule has 1 aromatic heterocycles. The van der Waals surface area contributed by atoms with Crippen LogP contribution in [0.25, 0.3) is 0 Å². The lowest BCUT2D eigenvalue weighted by molar-refractivity contribution is -0.0494. The second-order valence-electron chi connectivity index (χ2n) is 11.6. The van der Waals surface area contributed by atoms with Gasteiger partial charge in [-0.25, -0.2) is 4.98 Å². The van der Waals surface area contributed by atoms with Crippen LogP contribution in [0.4, 0.5) is 37.3 Å². The summed E-state index contributed by atoms with van der Waals surface area (Å²) in [5.74, 6) is -0.169. The molecule has 0 aliphatic carbocycles. The number of likely N-dealkylation sites (tertiary alicyclic amines) is 1. The third-order valence-electron chi connectivity index (χ3n) is 8.90. The number of fused-ring (bicyclic) bond motifs is 2. The molecular weight excluding hydrogens is 568 g/mol. The summed E-state index contributed by atoms with van der Waals surface area (Å²) in [5.41, 5.74) is 3.11. The van der Waals surface area contributed by atoms with Gasteiger partial charge >= 0.3 is 6.61 Å². The highest BCUT2D eigenvalue weighted by Gasteiger charge is 2.30. The number of halogens is 2. The van der Waals surface area contributed by atoms with Crippen molar-refractivity contribution in [1.29, 1.82) is 0 Å². The molecule has 2 amide bonds. The van der Waals surface area contributed by atoms with Gasteiger partial charge in [-0.15, -0.1) is 0 Å². The number of pyridine rings is 1. The van der Waals surface area contributed by atoms with Crippen LogP contribution in [-0.4, -0.2) is 105 Å². The number of nitrogens with zero attached hydrogens (tertiary/aromatic N) is 6. The first-order valence-corrected chi connectivity index (χ1v) is 14.9. The maximum absolute atomic E-state index is 13.5. The Labute approximate surface area is 255 Å². The van der Waals surface area contributed by atoms with Crippen molar-refractivity contribution < 1.29 is 23.1 Å². The molecule has 0 radical (unpaired) electrons. The third-order valence-corrected chi connectivity index (χ3v) is 8.90. The molecule has 6 rings (SSSR count). The molecule has 0 saturated carbocycles. The van der Waals surface area contributed by atoms with E-state index in [0.717, 1.165) is 44.7 Å². The van der Waals surface area contributed by atoms with E-state index in [0.29, 0.717) is 41.9 Å². The fraction of sp³-hybridized carbons (Fsp3) is 0.406. The molecule has 44 heavy (non-hydrogen) atoms. The van der Waals surface area contributed by atoms with Crippen LogP contribution in [0.1, 0.15) is 33.6 Å². The minimum atomic E-state index is -3.08. The van der Waals surface area contributed by atoms with E-state index in [1.165, 1.54) is 11.0 Å². The number of amides is 2. The first-order valence-electron chi connectivity index (χ1n) is 14.9. The first kappa shape index (κ1) is 29.8. The van der Waals surface area contributed by atoms with E-state index in [9.17, 15) is 18.4 Å². The summed E-state index contributed by atoms with van der Waals surface area (Å²) in [7, 11) is 5.68. The summed E-state index contributed by atoms with van der Waals surface area (Å²) in [6.07, 6.45) is 3.82. The highest BCUT2D eigenvalue weighted by molar-refractivity contribution is 6.13. The Bertz CT molecular complexity index is 1540. The van der Waals surface area contributed by atoms with Gasteiger partial charge in [0.2, 0.25) is 0 Å². The van der Waals surface area contributed by atoms with Crippen molar-refractivity contribution in [3.8, 4) is 5.75 Å². The number of nitrogens with one attached hydrogen (secondary N) is 1. The Morgan fingerprint density at radius 3 is 2.36 bits per heavy atom. The second-order valence-corrected chi connectivity index (χ2v) is 11.6. The summed E-state index contributed by atoms with van der Waals surface area (Å²) in [6.45, 7) is 1.85. The van der Waals surface area contributed by atoms with E-state index in [1.807, 2.05) is 30.1 Å². The van der Waals surface area contributed by atoms with Gasteiger partial charge in [0.1, 0.15) is 11.6 Å². The van der Waals surface area contributed by atoms with Gasteiger partial charge in [-0.2, -0.15) is 8.78 Å². The van der Waals surface area contributed by atoms with E-state index < -0.39 is 6.61 Å². The number of aromatic nitrogens is 1. The van der Waals surface area contributed by atoms with Crippen LogP contribution in [-0.2, 0) is 0 Å². The van der Waals surface area contributed by atoms with Gasteiger partial charge < -0.3 is 29.7 Å². The van der Waals surface area contributed by atoms with Crippen molar-refractivity contribution in [1.82, 2.24) is 19.7 Å². The number of para-hydroxylation sites is 1. The average Bonchev–Trinajstić information content (AvgIpc) is 3.11. The number of carbonyl (C=O) groups excluding carboxylic acids is 2. The minimum absolute atomic E-state index is 0.154.